The monoisotopic (exact) mass is 467 g/mol. The van der Waals surface area contributed by atoms with E-state index in [1.54, 1.807) is 17.9 Å². The molecule has 2 aromatic rings. The number of carbonyl (C=O) groups is 1. The molecule has 0 saturated heterocycles. The number of amides is 1. The van der Waals surface area contributed by atoms with Crippen molar-refractivity contribution in [2.24, 2.45) is 4.99 Å². The summed E-state index contributed by atoms with van der Waals surface area (Å²) in [5, 5.41) is 2.93. The number of ether oxygens (including phenoxy) is 1. The average Bonchev–Trinajstić information content (AvgIpc) is 3.61. The average molecular weight is 467 g/mol. The van der Waals surface area contributed by atoms with Gasteiger partial charge in [-0.1, -0.05) is 30.9 Å². The van der Waals surface area contributed by atoms with E-state index in [1.165, 1.54) is 23.9 Å². The molecule has 0 bridgehead atoms. The van der Waals surface area contributed by atoms with Gasteiger partial charge in [-0.3, -0.25) is 4.79 Å². The summed E-state index contributed by atoms with van der Waals surface area (Å²) in [5.74, 6) is 0.130. The Kier molecular flexibility index (Phi) is 6.58. The number of halogens is 3. The maximum Gasteiger partial charge on any atom is 0.416 e. The summed E-state index contributed by atoms with van der Waals surface area (Å²) in [6.45, 7) is 6.20. The first-order valence-electron chi connectivity index (χ1n) is 10.9. The number of carbonyl (C=O) groups excluding carboxylic acids is 1. The summed E-state index contributed by atoms with van der Waals surface area (Å²) in [6, 6.07) is 12.2. The number of allylic oxidation sites excluding steroid dienone is 2. The fourth-order valence-corrected chi connectivity index (χ4v) is 3.71. The lowest BCUT2D eigenvalue weighted by atomic mass is 10.1. The van der Waals surface area contributed by atoms with Crippen LogP contribution in [0.3, 0.4) is 0 Å². The zero-order chi connectivity index (χ0) is 24.3. The van der Waals surface area contributed by atoms with Crippen LogP contribution < -0.4 is 5.32 Å². The van der Waals surface area contributed by atoms with Crippen molar-refractivity contribution in [1.82, 2.24) is 4.90 Å². The summed E-state index contributed by atoms with van der Waals surface area (Å²) < 4.78 is 44.2. The molecule has 1 aliphatic heterocycles. The molecule has 1 amide bonds. The van der Waals surface area contributed by atoms with Crippen LogP contribution in [0.4, 0.5) is 18.9 Å². The van der Waals surface area contributed by atoms with Gasteiger partial charge in [0, 0.05) is 23.0 Å². The highest BCUT2D eigenvalue weighted by atomic mass is 19.4. The van der Waals surface area contributed by atoms with Crippen LogP contribution in [0.5, 0.6) is 0 Å². The molecule has 34 heavy (non-hydrogen) atoms. The van der Waals surface area contributed by atoms with E-state index in [2.05, 4.69) is 16.9 Å². The van der Waals surface area contributed by atoms with Crippen molar-refractivity contribution in [3.8, 4) is 0 Å². The molecule has 8 heteroatoms. The molecule has 1 fully saturated rings. The number of rotatable bonds is 7. The minimum Gasteiger partial charge on any atom is -0.474 e. The first kappa shape index (κ1) is 23.4. The largest absolute Gasteiger partial charge is 0.474 e. The summed E-state index contributed by atoms with van der Waals surface area (Å²) in [6.07, 6.45) is 0.805. The highest BCUT2D eigenvalue weighted by molar-refractivity contribution is 6.10. The molecule has 2 aliphatic rings. The van der Waals surface area contributed by atoms with E-state index in [1.807, 2.05) is 24.3 Å². The lowest BCUT2D eigenvalue weighted by Gasteiger charge is -2.20. The SMILES string of the molecule is C=C(Nc1ccc(C(F)(F)F)cc1)/C(=N\C=C/C)OCCN1C(=O)c2ccccc2C1=C1CC1. The molecule has 1 saturated carbocycles. The van der Waals surface area contributed by atoms with Crippen LogP contribution in [0.15, 0.2) is 83.6 Å². The van der Waals surface area contributed by atoms with E-state index in [-0.39, 0.29) is 24.1 Å². The second kappa shape index (κ2) is 9.59. The number of nitrogens with zero attached hydrogens (tertiary/aromatic N) is 2. The van der Waals surface area contributed by atoms with Crippen molar-refractivity contribution < 1.29 is 22.7 Å². The number of hydrogen-bond donors (Lipinski definition) is 1. The molecule has 1 heterocycles. The van der Waals surface area contributed by atoms with Crippen molar-refractivity contribution >= 4 is 23.2 Å². The number of anilines is 1. The maximum absolute atomic E-state index is 12.9. The van der Waals surface area contributed by atoms with Gasteiger partial charge in [0.1, 0.15) is 6.61 Å². The van der Waals surface area contributed by atoms with E-state index in [9.17, 15) is 18.0 Å². The Morgan fingerprint density at radius 1 is 1.15 bits per heavy atom. The third kappa shape index (κ3) is 5.06. The van der Waals surface area contributed by atoms with Gasteiger partial charge in [-0.15, -0.1) is 0 Å². The predicted molar refractivity (Wildman–Crippen MR) is 126 cm³/mol. The number of alkyl halides is 3. The summed E-state index contributed by atoms with van der Waals surface area (Å²) in [7, 11) is 0. The van der Waals surface area contributed by atoms with E-state index in [0.717, 1.165) is 36.2 Å². The maximum atomic E-state index is 12.9. The lowest BCUT2D eigenvalue weighted by molar-refractivity contribution is -0.137. The molecule has 176 valence electrons. The molecule has 0 aromatic heterocycles. The van der Waals surface area contributed by atoms with Gasteiger partial charge in [0.2, 0.25) is 5.90 Å². The Balaban J connectivity index is 1.42. The fourth-order valence-electron chi connectivity index (χ4n) is 3.71. The smallest absolute Gasteiger partial charge is 0.416 e. The van der Waals surface area contributed by atoms with Crippen LogP contribution in [0.25, 0.3) is 5.70 Å². The van der Waals surface area contributed by atoms with E-state index in [4.69, 9.17) is 4.74 Å². The second-order valence-electron chi connectivity index (χ2n) is 7.90. The van der Waals surface area contributed by atoms with Crippen molar-refractivity contribution in [3.05, 3.63) is 95.3 Å². The summed E-state index contributed by atoms with van der Waals surface area (Å²) in [4.78, 5) is 18.9. The topological polar surface area (TPSA) is 53.9 Å². The highest BCUT2D eigenvalue weighted by Gasteiger charge is 2.36. The molecule has 0 spiro atoms. The van der Waals surface area contributed by atoms with Crippen molar-refractivity contribution in [2.45, 2.75) is 25.9 Å². The molecule has 5 nitrogen and oxygen atoms in total. The molecule has 1 N–H and O–H groups in total. The van der Waals surface area contributed by atoms with Gasteiger partial charge in [0.15, 0.2) is 0 Å². The van der Waals surface area contributed by atoms with E-state index in [0.29, 0.717) is 17.8 Å². The Morgan fingerprint density at radius 3 is 2.44 bits per heavy atom. The fraction of sp³-hybridized carbons (Fsp3) is 0.231. The van der Waals surface area contributed by atoms with Crippen LogP contribution in [-0.2, 0) is 10.9 Å². The third-order valence-electron chi connectivity index (χ3n) is 5.42. The molecule has 1 aliphatic carbocycles. The molecular weight excluding hydrogens is 443 g/mol. The molecule has 4 rings (SSSR count). The zero-order valence-corrected chi connectivity index (χ0v) is 18.7. The number of benzene rings is 2. The van der Waals surface area contributed by atoms with Gasteiger partial charge in [-0.05, 0) is 55.7 Å². The third-order valence-corrected chi connectivity index (χ3v) is 5.42. The molecular formula is C26H24F3N3O2. The normalized spacial score (nSPS) is 15.7. The van der Waals surface area contributed by atoms with Crippen molar-refractivity contribution in [3.63, 3.8) is 0 Å². The van der Waals surface area contributed by atoms with Crippen LogP contribution >= 0.6 is 0 Å². The minimum atomic E-state index is -4.40. The Labute approximate surface area is 195 Å². The van der Waals surface area contributed by atoms with E-state index < -0.39 is 11.7 Å². The molecule has 0 unspecified atom stereocenters. The van der Waals surface area contributed by atoms with Crippen LogP contribution in [-0.4, -0.2) is 29.9 Å². The number of hydrogen-bond acceptors (Lipinski definition) is 4. The van der Waals surface area contributed by atoms with Crippen LogP contribution in [0.1, 0.15) is 41.3 Å². The molecule has 0 atom stereocenters. The zero-order valence-electron chi connectivity index (χ0n) is 18.7. The van der Waals surface area contributed by atoms with Crippen molar-refractivity contribution in [2.75, 3.05) is 18.5 Å². The Hall–Kier alpha value is -3.81. The molecule has 2 aromatic carbocycles. The number of nitrogens with one attached hydrogen (secondary N) is 1. The highest BCUT2D eigenvalue weighted by Crippen LogP contribution is 2.43. The number of fused-ring (bicyclic) bond motifs is 1. The Bertz CT molecular complexity index is 1190. The van der Waals surface area contributed by atoms with Gasteiger partial charge < -0.3 is 15.0 Å². The van der Waals surface area contributed by atoms with Gasteiger partial charge in [-0.25, -0.2) is 4.99 Å². The van der Waals surface area contributed by atoms with Crippen LogP contribution in [0.2, 0.25) is 0 Å². The van der Waals surface area contributed by atoms with E-state index >= 15 is 0 Å². The van der Waals surface area contributed by atoms with Crippen LogP contribution in [0, 0.1) is 0 Å². The van der Waals surface area contributed by atoms with Gasteiger partial charge >= 0.3 is 6.18 Å². The second-order valence-corrected chi connectivity index (χ2v) is 7.90. The lowest BCUT2D eigenvalue weighted by Crippen LogP contribution is -2.29. The first-order chi connectivity index (χ1) is 16.3. The summed E-state index contributed by atoms with van der Waals surface area (Å²) in [5.41, 5.74) is 3.84. The van der Waals surface area contributed by atoms with Gasteiger partial charge in [-0.2, -0.15) is 13.2 Å². The summed E-state index contributed by atoms with van der Waals surface area (Å²) >= 11 is 0. The quantitative estimate of drug-likeness (QED) is 0.387. The van der Waals surface area contributed by atoms with Gasteiger partial charge in [0.05, 0.1) is 23.5 Å². The Morgan fingerprint density at radius 2 is 1.82 bits per heavy atom. The van der Waals surface area contributed by atoms with Crippen molar-refractivity contribution in [1.29, 1.82) is 0 Å². The predicted octanol–water partition coefficient (Wildman–Crippen LogP) is 6.24. The minimum absolute atomic E-state index is 0.0535. The molecule has 0 radical (unpaired) electrons. The standard InChI is InChI=1S/C26H24F3N3O2/c1-3-14-30-24(17(2)31-20-12-10-19(11-13-20)26(27,28)29)34-16-15-32-23(18-8-9-18)21-6-4-5-7-22(21)25(32)33/h3-7,10-14,31H,2,8-9,15-16H2,1H3/b14-3-,30-24+. The van der Waals surface area contributed by atoms with Gasteiger partial charge in [0.25, 0.3) is 5.91 Å². The number of aliphatic imine (C=N–C) groups is 1. The first-order valence-corrected chi connectivity index (χ1v) is 10.9.